The van der Waals surface area contributed by atoms with Gasteiger partial charge >= 0.3 is 0 Å². The quantitative estimate of drug-likeness (QED) is 0.647. The van der Waals surface area contributed by atoms with Crippen LogP contribution in [0, 0.1) is 0 Å². The van der Waals surface area contributed by atoms with Crippen LogP contribution in [0.5, 0.6) is 0 Å². The van der Waals surface area contributed by atoms with Crippen molar-refractivity contribution < 1.29 is 5.11 Å². The topological polar surface area (TPSA) is 20.2 Å². The fourth-order valence-corrected chi connectivity index (χ4v) is 3.41. The number of rotatable bonds is 8. The minimum atomic E-state index is -0.285. The summed E-state index contributed by atoms with van der Waals surface area (Å²) in [6.07, 6.45) is 8.28. The van der Waals surface area contributed by atoms with E-state index in [1.807, 2.05) is 10.8 Å². The molecule has 0 saturated carbocycles. The van der Waals surface area contributed by atoms with Crippen molar-refractivity contribution in [2.45, 2.75) is 58.0 Å². The van der Waals surface area contributed by atoms with Crippen LogP contribution in [0.1, 0.15) is 63.5 Å². The van der Waals surface area contributed by atoms with Crippen molar-refractivity contribution in [1.29, 1.82) is 0 Å². The van der Waals surface area contributed by atoms with Gasteiger partial charge in [0.2, 0.25) is 0 Å². The van der Waals surface area contributed by atoms with Gasteiger partial charge in [0, 0.05) is 15.4 Å². The van der Waals surface area contributed by atoms with Gasteiger partial charge in [-0.15, -0.1) is 0 Å². The number of aliphatic hydroxyl groups excluding tert-OH is 1. The van der Waals surface area contributed by atoms with Crippen LogP contribution in [0.2, 0.25) is 0 Å². The maximum atomic E-state index is 9.97. The van der Waals surface area contributed by atoms with Crippen molar-refractivity contribution in [1.82, 2.24) is 0 Å². The number of hydrogen-bond donors (Lipinski definition) is 1. The van der Waals surface area contributed by atoms with E-state index in [-0.39, 0.29) is 6.10 Å². The summed E-state index contributed by atoms with van der Waals surface area (Å²) in [6, 6.07) is 0. The average molecular weight is 305 g/mol. The van der Waals surface area contributed by atoms with Crippen LogP contribution < -0.4 is 0 Å². The van der Waals surface area contributed by atoms with Crippen molar-refractivity contribution >= 4 is 27.3 Å². The van der Waals surface area contributed by atoms with Gasteiger partial charge in [0.15, 0.2) is 0 Å². The molecule has 1 N–H and O–H groups in total. The third-order valence-electron chi connectivity index (χ3n) is 2.83. The lowest BCUT2D eigenvalue weighted by atomic mass is 10.0. The molecule has 0 bridgehead atoms. The van der Waals surface area contributed by atoms with Gasteiger partial charge < -0.3 is 5.11 Å². The molecule has 1 nitrogen and oxygen atoms in total. The van der Waals surface area contributed by atoms with E-state index in [2.05, 4.69) is 22.9 Å². The molecule has 1 aromatic heterocycles. The van der Waals surface area contributed by atoms with Crippen molar-refractivity contribution in [3.05, 3.63) is 20.8 Å². The molecule has 1 heterocycles. The molecule has 0 saturated heterocycles. The van der Waals surface area contributed by atoms with Crippen molar-refractivity contribution in [2.75, 3.05) is 0 Å². The second kappa shape index (κ2) is 8.26. The molecule has 0 fully saturated rings. The van der Waals surface area contributed by atoms with Crippen molar-refractivity contribution in [3.63, 3.8) is 0 Å². The number of aliphatic hydroxyl groups is 1. The molecule has 0 amide bonds. The van der Waals surface area contributed by atoms with Crippen molar-refractivity contribution in [2.24, 2.45) is 0 Å². The van der Waals surface area contributed by atoms with Crippen LogP contribution in [0.25, 0.3) is 0 Å². The first-order valence-electron chi connectivity index (χ1n) is 6.15. The van der Waals surface area contributed by atoms with Crippen LogP contribution in [0.15, 0.2) is 15.2 Å². The normalized spacial score (nSPS) is 12.9. The van der Waals surface area contributed by atoms with Crippen LogP contribution in [-0.4, -0.2) is 5.11 Å². The third-order valence-corrected chi connectivity index (χ3v) is 4.58. The molecule has 0 aliphatic rings. The number of hydrogen-bond acceptors (Lipinski definition) is 2. The molecule has 92 valence electrons. The van der Waals surface area contributed by atoms with E-state index < -0.39 is 0 Å². The van der Waals surface area contributed by atoms with Gasteiger partial charge in [0.1, 0.15) is 0 Å². The zero-order valence-electron chi connectivity index (χ0n) is 9.92. The predicted molar refractivity (Wildman–Crippen MR) is 75.0 cm³/mol. The Kier molecular flexibility index (Phi) is 7.33. The summed E-state index contributed by atoms with van der Waals surface area (Å²) in [7, 11) is 0. The highest BCUT2D eigenvalue weighted by Gasteiger charge is 2.11. The van der Waals surface area contributed by atoms with Gasteiger partial charge in [0.25, 0.3) is 0 Å². The lowest BCUT2D eigenvalue weighted by Gasteiger charge is -2.09. The van der Waals surface area contributed by atoms with Gasteiger partial charge in [-0.1, -0.05) is 45.4 Å². The largest absolute Gasteiger partial charge is 0.388 e. The zero-order valence-corrected chi connectivity index (χ0v) is 12.3. The second-order valence-corrected chi connectivity index (χ2v) is 5.85. The summed E-state index contributed by atoms with van der Waals surface area (Å²) in [5.74, 6) is 0. The summed E-state index contributed by atoms with van der Waals surface area (Å²) >= 11 is 5.10. The van der Waals surface area contributed by atoms with E-state index in [0.29, 0.717) is 0 Å². The lowest BCUT2D eigenvalue weighted by molar-refractivity contribution is 0.163. The Labute approximate surface area is 111 Å². The summed E-state index contributed by atoms with van der Waals surface area (Å²) in [5, 5.41) is 14.0. The molecule has 0 aliphatic carbocycles. The number of thiophene rings is 1. The Hall–Kier alpha value is 0.140. The molecular weight excluding hydrogens is 284 g/mol. The minimum absolute atomic E-state index is 0.285. The third kappa shape index (κ3) is 4.98. The van der Waals surface area contributed by atoms with E-state index in [4.69, 9.17) is 0 Å². The SMILES string of the molecule is CCCCCCCCC(O)c1cscc1Br. The van der Waals surface area contributed by atoms with E-state index >= 15 is 0 Å². The molecule has 1 atom stereocenters. The van der Waals surface area contributed by atoms with Crippen LogP contribution in [0.3, 0.4) is 0 Å². The highest BCUT2D eigenvalue weighted by Crippen LogP contribution is 2.30. The summed E-state index contributed by atoms with van der Waals surface area (Å²) in [6.45, 7) is 2.23. The fraction of sp³-hybridized carbons (Fsp3) is 0.692. The summed E-state index contributed by atoms with van der Waals surface area (Å²) in [4.78, 5) is 0. The standard InChI is InChI=1S/C13H21BrOS/c1-2-3-4-5-6-7-8-13(15)11-9-16-10-12(11)14/h9-10,13,15H,2-8H2,1H3. The number of unbranched alkanes of at least 4 members (excludes halogenated alkanes) is 5. The Morgan fingerprint density at radius 3 is 2.50 bits per heavy atom. The Morgan fingerprint density at radius 1 is 1.19 bits per heavy atom. The van der Waals surface area contributed by atoms with Crippen LogP contribution in [-0.2, 0) is 0 Å². The molecule has 0 aromatic carbocycles. The van der Waals surface area contributed by atoms with E-state index in [9.17, 15) is 5.11 Å². The van der Waals surface area contributed by atoms with Gasteiger partial charge in [-0.2, -0.15) is 11.3 Å². The molecule has 3 heteroatoms. The number of halogens is 1. The maximum Gasteiger partial charge on any atom is 0.0809 e. The molecule has 1 aromatic rings. The van der Waals surface area contributed by atoms with E-state index in [1.165, 1.54) is 32.1 Å². The predicted octanol–water partition coefficient (Wildman–Crippen LogP) is 5.29. The lowest BCUT2D eigenvalue weighted by Crippen LogP contribution is -1.96. The van der Waals surface area contributed by atoms with Gasteiger partial charge in [-0.25, -0.2) is 0 Å². The monoisotopic (exact) mass is 304 g/mol. The fourth-order valence-electron chi connectivity index (χ4n) is 1.80. The zero-order chi connectivity index (χ0) is 11.8. The first-order chi connectivity index (χ1) is 7.75. The average Bonchev–Trinajstić information content (AvgIpc) is 2.69. The van der Waals surface area contributed by atoms with Crippen LogP contribution in [0.4, 0.5) is 0 Å². The highest BCUT2D eigenvalue weighted by molar-refractivity contribution is 9.10. The van der Waals surface area contributed by atoms with Crippen molar-refractivity contribution in [3.8, 4) is 0 Å². The molecule has 1 rings (SSSR count). The van der Waals surface area contributed by atoms with Gasteiger partial charge in [0.05, 0.1) is 6.10 Å². The molecule has 0 spiro atoms. The molecule has 0 radical (unpaired) electrons. The summed E-state index contributed by atoms with van der Waals surface area (Å²) < 4.78 is 1.05. The first kappa shape index (κ1) is 14.2. The molecule has 16 heavy (non-hydrogen) atoms. The Balaban J connectivity index is 2.11. The molecule has 1 unspecified atom stereocenters. The molecule has 0 aliphatic heterocycles. The maximum absolute atomic E-state index is 9.97. The Bertz CT molecular complexity index is 285. The summed E-state index contributed by atoms with van der Waals surface area (Å²) in [5.41, 5.74) is 1.05. The minimum Gasteiger partial charge on any atom is -0.388 e. The van der Waals surface area contributed by atoms with Crippen LogP contribution >= 0.6 is 27.3 Å². The highest BCUT2D eigenvalue weighted by atomic mass is 79.9. The van der Waals surface area contributed by atoms with E-state index in [0.717, 1.165) is 22.9 Å². The van der Waals surface area contributed by atoms with Gasteiger partial charge in [-0.3, -0.25) is 0 Å². The second-order valence-electron chi connectivity index (χ2n) is 4.25. The smallest absolute Gasteiger partial charge is 0.0809 e. The molecular formula is C13H21BrOS. The van der Waals surface area contributed by atoms with E-state index in [1.54, 1.807) is 11.3 Å². The van der Waals surface area contributed by atoms with Gasteiger partial charge in [-0.05, 0) is 27.7 Å². The Morgan fingerprint density at radius 2 is 1.88 bits per heavy atom. The first-order valence-corrected chi connectivity index (χ1v) is 7.89.